The summed E-state index contributed by atoms with van der Waals surface area (Å²) in [5.74, 6) is 1.23. The Morgan fingerprint density at radius 1 is 0.925 bits per heavy atom. The molecule has 0 atom stereocenters. The summed E-state index contributed by atoms with van der Waals surface area (Å²) in [4.78, 5) is 32.8. The highest BCUT2D eigenvalue weighted by Gasteiger charge is 2.58. The molecule has 0 spiro atoms. The smallest absolute Gasteiger partial charge is 0.242 e. The van der Waals surface area contributed by atoms with Gasteiger partial charge in [0, 0.05) is 35.1 Å². The molecule has 1 N–H and O–H groups in total. The van der Waals surface area contributed by atoms with Crippen LogP contribution in [0, 0.1) is 11.2 Å². The van der Waals surface area contributed by atoms with Gasteiger partial charge in [0.1, 0.15) is 22.7 Å². The average Bonchev–Trinajstić information content (AvgIpc) is 3.77. The first-order valence-electron chi connectivity index (χ1n) is 12.9. The number of methoxy groups -OCH3 is 2. The number of pyridine rings is 1. The van der Waals surface area contributed by atoms with Crippen LogP contribution in [0.1, 0.15) is 26.7 Å². The van der Waals surface area contributed by atoms with Crippen LogP contribution in [-0.4, -0.2) is 37.1 Å². The Labute approximate surface area is 231 Å². The van der Waals surface area contributed by atoms with Gasteiger partial charge in [-0.25, -0.2) is 4.39 Å². The molecule has 40 heavy (non-hydrogen) atoms. The Balaban J connectivity index is 1.31. The van der Waals surface area contributed by atoms with Crippen molar-refractivity contribution < 1.29 is 28.2 Å². The van der Waals surface area contributed by atoms with Crippen LogP contribution in [0.2, 0.25) is 0 Å². The number of hydrogen-bond acceptors (Lipinski definition) is 6. The molecule has 0 aliphatic heterocycles. The summed E-state index contributed by atoms with van der Waals surface area (Å²) in [7, 11) is 3.13. The van der Waals surface area contributed by atoms with Crippen LogP contribution in [-0.2, 0) is 9.59 Å². The molecule has 5 rings (SSSR count). The monoisotopic (exact) mass is 543 g/mol. The lowest BCUT2D eigenvalue weighted by Gasteiger charge is -2.30. The largest absolute Gasteiger partial charge is 0.493 e. The molecule has 1 aromatic heterocycles. The normalized spacial score (nSPS) is 13.6. The summed E-state index contributed by atoms with van der Waals surface area (Å²) in [6.45, 7) is 3.74. The number of carbonyl (C=O) groups excluding carboxylic acids is 2. The highest BCUT2D eigenvalue weighted by atomic mass is 19.1. The molecule has 2 amide bonds. The van der Waals surface area contributed by atoms with Crippen molar-refractivity contribution in [2.45, 2.75) is 32.7 Å². The fourth-order valence-corrected chi connectivity index (χ4v) is 4.67. The first kappa shape index (κ1) is 26.9. The van der Waals surface area contributed by atoms with Crippen molar-refractivity contribution in [3.05, 3.63) is 78.7 Å². The minimum Gasteiger partial charge on any atom is -0.493 e. The van der Waals surface area contributed by atoms with Gasteiger partial charge in [-0.05, 0) is 87.4 Å². The molecule has 9 heteroatoms. The maximum atomic E-state index is 13.6. The van der Waals surface area contributed by atoms with Crippen molar-refractivity contribution >= 4 is 34.1 Å². The molecule has 4 aromatic rings. The van der Waals surface area contributed by atoms with E-state index in [2.05, 4.69) is 10.3 Å². The Morgan fingerprint density at radius 3 is 2.17 bits per heavy atom. The first-order valence-corrected chi connectivity index (χ1v) is 12.9. The third-order valence-corrected chi connectivity index (χ3v) is 6.98. The van der Waals surface area contributed by atoms with E-state index in [-0.39, 0.29) is 23.7 Å². The van der Waals surface area contributed by atoms with Crippen LogP contribution < -0.4 is 24.4 Å². The zero-order chi connectivity index (χ0) is 28.4. The lowest BCUT2D eigenvalue weighted by atomic mass is 10.0. The van der Waals surface area contributed by atoms with E-state index in [1.54, 1.807) is 73.8 Å². The van der Waals surface area contributed by atoms with Gasteiger partial charge < -0.3 is 24.4 Å². The summed E-state index contributed by atoms with van der Waals surface area (Å²) < 4.78 is 30.4. The van der Waals surface area contributed by atoms with E-state index in [0.717, 1.165) is 5.39 Å². The van der Waals surface area contributed by atoms with Crippen molar-refractivity contribution in [3.63, 3.8) is 0 Å². The van der Waals surface area contributed by atoms with E-state index in [1.807, 2.05) is 19.9 Å². The standard InChI is InChI=1S/C31H30FN3O5/c1-19(2)35(22-9-5-20(32)6-10-22)30(37)31(14-15-31)29(36)34-21-7-11-23(12-8-21)40-26-13-16-33-25-18-28(39-4)27(38-3)17-24(25)26/h5-13,16-19H,14-15H2,1-4H3,(H,34,36). The van der Waals surface area contributed by atoms with E-state index in [1.165, 1.54) is 12.1 Å². The second-order valence-electron chi connectivity index (χ2n) is 9.94. The Hall–Kier alpha value is -4.66. The molecule has 1 saturated carbocycles. The molecule has 206 valence electrons. The number of nitrogens with one attached hydrogen (secondary N) is 1. The predicted molar refractivity (Wildman–Crippen MR) is 151 cm³/mol. The molecule has 0 bridgehead atoms. The minimum absolute atomic E-state index is 0.204. The average molecular weight is 544 g/mol. The number of carbonyl (C=O) groups is 2. The summed E-state index contributed by atoms with van der Waals surface area (Å²) in [5.41, 5.74) is 0.639. The maximum absolute atomic E-state index is 13.6. The van der Waals surface area contributed by atoms with Gasteiger partial charge in [0.2, 0.25) is 11.8 Å². The number of hydrogen-bond donors (Lipinski definition) is 1. The van der Waals surface area contributed by atoms with Gasteiger partial charge in [-0.3, -0.25) is 14.6 Å². The maximum Gasteiger partial charge on any atom is 0.242 e. The highest BCUT2D eigenvalue weighted by Crippen LogP contribution is 2.49. The molecule has 8 nitrogen and oxygen atoms in total. The third-order valence-electron chi connectivity index (χ3n) is 6.98. The van der Waals surface area contributed by atoms with Crippen molar-refractivity contribution in [3.8, 4) is 23.0 Å². The second-order valence-corrected chi connectivity index (χ2v) is 9.94. The van der Waals surface area contributed by atoms with E-state index < -0.39 is 5.41 Å². The SMILES string of the molecule is COc1cc2nccc(Oc3ccc(NC(=O)C4(C(=O)N(c5ccc(F)cc5)C(C)C)CC4)cc3)c2cc1OC. The van der Waals surface area contributed by atoms with Crippen LogP contribution in [0.25, 0.3) is 10.9 Å². The lowest BCUT2D eigenvalue weighted by Crippen LogP contribution is -2.46. The van der Waals surface area contributed by atoms with Crippen LogP contribution in [0.3, 0.4) is 0 Å². The number of amides is 2. The van der Waals surface area contributed by atoms with Gasteiger partial charge in [0.25, 0.3) is 0 Å². The molecule has 1 aliphatic rings. The van der Waals surface area contributed by atoms with Gasteiger partial charge in [0.05, 0.1) is 19.7 Å². The summed E-state index contributed by atoms with van der Waals surface area (Å²) in [6.07, 6.45) is 2.55. The molecular formula is C31H30FN3O5. The van der Waals surface area contributed by atoms with Gasteiger partial charge in [-0.15, -0.1) is 0 Å². The van der Waals surface area contributed by atoms with E-state index >= 15 is 0 Å². The predicted octanol–water partition coefficient (Wildman–Crippen LogP) is 6.34. The zero-order valence-corrected chi connectivity index (χ0v) is 22.7. The molecule has 0 saturated heterocycles. The number of ether oxygens (including phenoxy) is 3. The number of benzene rings is 3. The molecular weight excluding hydrogens is 513 g/mol. The number of halogens is 1. The molecule has 1 aliphatic carbocycles. The number of aromatic nitrogens is 1. The Kier molecular flexibility index (Phi) is 7.30. The van der Waals surface area contributed by atoms with E-state index in [9.17, 15) is 14.0 Å². The molecule has 1 heterocycles. The van der Waals surface area contributed by atoms with Crippen molar-refractivity contribution in [1.29, 1.82) is 0 Å². The van der Waals surface area contributed by atoms with E-state index in [0.29, 0.717) is 52.7 Å². The summed E-state index contributed by atoms with van der Waals surface area (Å²) >= 11 is 0. The number of fused-ring (bicyclic) bond motifs is 1. The lowest BCUT2D eigenvalue weighted by molar-refractivity contribution is -0.132. The number of nitrogens with zero attached hydrogens (tertiary/aromatic N) is 2. The van der Waals surface area contributed by atoms with E-state index in [4.69, 9.17) is 14.2 Å². The molecule has 0 radical (unpaired) electrons. The fraction of sp³-hybridized carbons (Fsp3) is 0.258. The summed E-state index contributed by atoms with van der Waals surface area (Å²) in [5, 5.41) is 3.64. The van der Waals surface area contributed by atoms with Crippen molar-refractivity contribution in [1.82, 2.24) is 4.98 Å². The second kappa shape index (κ2) is 10.8. The third kappa shape index (κ3) is 5.14. The van der Waals surface area contributed by atoms with Gasteiger partial charge in [-0.1, -0.05) is 0 Å². The highest BCUT2D eigenvalue weighted by molar-refractivity contribution is 6.17. The van der Waals surface area contributed by atoms with Crippen molar-refractivity contribution in [2.75, 3.05) is 24.4 Å². The number of rotatable bonds is 9. The minimum atomic E-state index is -1.15. The van der Waals surface area contributed by atoms with Gasteiger partial charge in [0.15, 0.2) is 11.5 Å². The topological polar surface area (TPSA) is 90.0 Å². The van der Waals surface area contributed by atoms with Gasteiger partial charge >= 0.3 is 0 Å². The van der Waals surface area contributed by atoms with Crippen LogP contribution in [0.4, 0.5) is 15.8 Å². The molecule has 0 unspecified atom stereocenters. The summed E-state index contributed by atoms with van der Waals surface area (Å²) in [6, 6.07) is 17.8. The Morgan fingerprint density at radius 2 is 1.57 bits per heavy atom. The first-order chi connectivity index (χ1) is 19.3. The van der Waals surface area contributed by atoms with Crippen LogP contribution in [0.15, 0.2) is 72.9 Å². The van der Waals surface area contributed by atoms with Gasteiger partial charge in [-0.2, -0.15) is 0 Å². The fourth-order valence-electron chi connectivity index (χ4n) is 4.67. The van der Waals surface area contributed by atoms with Crippen LogP contribution >= 0.6 is 0 Å². The quantitative estimate of drug-likeness (QED) is 0.248. The zero-order valence-electron chi connectivity index (χ0n) is 22.7. The van der Waals surface area contributed by atoms with Crippen LogP contribution in [0.5, 0.6) is 23.0 Å². The molecule has 3 aromatic carbocycles. The Bertz CT molecular complexity index is 1550. The molecule has 1 fully saturated rings. The number of anilines is 2. The van der Waals surface area contributed by atoms with Crippen molar-refractivity contribution in [2.24, 2.45) is 5.41 Å².